The Labute approximate surface area is 117 Å². The molecule has 0 aliphatic rings. The fourth-order valence-electron chi connectivity index (χ4n) is 1.23. The van der Waals surface area contributed by atoms with E-state index in [1.807, 2.05) is 7.05 Å². The van der Waals surface area contributed by atoms with E-state index in [4.69, 9.17) is 27.9 Å². The Kier molecular flexibility index (Phi) is 6.25. The van der Waals surface area contributed by atoms with E-state index in [1.54, 1.807) is 30.1 Å². The molecule has 100 valence electrons. The van der Waals surface area contributed by atoms with Gasteiger partial charge in [-0.2, -0.15) is 0 Å². The molecule has 0 radical (unpaired) electrons. The lowest BCUT2D eigenvalue weighted by Crippen LogP contribution is -2.35. The van der Waals surface area contributed by atoms with Crippen molar-refractivity contribution >= 4 is 29.1 Å². The van der Waals surface area contributed by atoms with Crippen molar-refractivity contribution in [1.82, 2.24) is 10.2 Å². The van der Waals surface area contributed by atoms with Crippen molar-refractivity contribution in [3.8, 4) is 5.75 Å². The SMILES string of the molecule is CNCCN(C)C(=O)COc1ccc(Cl)c(Cl)c1. The summed E-state index contributed by atoms with van der Waals surface area (Å²) < 4.78 is 5.35. The first-order valence-corrected chi connectivity index (χ1v) is 6.26. The van der Waals surface area contributed by atoms with Crippen LogP contribution in [-0.4, -0.2) is 44.6 Å². The third kappa shape index (κ3) is 4.72. The summed E-state index contributed by atoms with van der Waals surface area (Å²) in [7, 11) is 3.57. The highest BCUT2D eigenvalue weighted by Gasteiger charge is 2.09. The van der Waals surface area contributed by atoms with Crippen LogP contribution in [0.5, 0.6) is 5.75 Å². The zero-order chi connectivity index (χ0) is 13.5. The molecule has 0 atom stereocenters. The summed E-state index contributed by atoms with van der Waals surface area (Å²) in [5, 5.41) is 3.84. The number of carbonyl (C=O) groups is 1. The van der Waals surface area contributed by atoms with Gasteiger partial charge < -0.3 is 15.0 Å². The van der Waals surface area contributed by atoms with E-state index in [0.29, 0.717) is 22.3 Å². The van der Waals surface area contributed by atoms with Gasteiger partial charge in [0, 0.05) is 26.2 Å². The summed E-state index contributed by atoms with van der Waals surface area (Å²) in [5.74, 6) is 0.441. The largest absolute Gasteiger partial charge is 0.484 e. The number of halogens is 2. The summed E-state index contributed by atoms with van der Waals surface area (Å²) in [5.41, 5.74) is 0. The maximum Gasteiger partial charge on any atom is 0.260 e. The second-order valence-corrected chi connectivity index (χ2v) is 4.60. The number of amides is 1. The Morgan fingerprint density at radius 2 is 2.11 bits per heavy atom. The zero-order valence-corrected chi connectivity index (χ0v) is 11.9. The Hall–Kier alpha value is -0.970. The Morgan fingerprint density at radius 1 is 1.39 bits per heavy atom. The predicted molar refractivity (Wildman–Crippen MR) is 73.5 cm³/mol. The quantitative estimate of drug-likeness (QED) is 0.872. The van der Waals surface area contributed by atoms with E-state index in [1.165, 1.54) is 0 Å². The second kappa shape index (κ2) is 7.46. The van der Waals surface area contributed by atoms with Crippen molar-refractivity contribution in [2.24, 2.45) is 0 Å². The van der Waals surface area contributed by atoms with E-state index in [2.05, 4.69) is 5.32 Å². The maximum absolute atomic E-state index is 11.7. The van der Waals surface area contributed by atoms with Crippen LogP contribution in [0.3, 0.4) is 0 Å². The molecule has 1 aromatic carbocycles. The first kappa shape index (κ1) is 15.1. The van der Waals surface area contributed by atoms with E-state index in [9.17, 15) is 4.79 Å². The summed E-state index contributed by atoms with van der Waals surface area (Å²) >= 11 is 11.6. The number of carbonyl (C=O) groups excluding carboxylic acids is 1. The number of benzene rings is 1. The van der Waals surface area contributed by atoms with Gasteiger partial charge in [-0.15, -0.1) is 0 Å². The lowest BCUT2D eigenvalue weighted by molar-refractivity contribution is -0.131. The minimum absolute atomic E-state index is 0.0157. The fraction of sp³-hybridized carbons (Fsp3) is 0.417. The second-order valence-electron chi connectivity index (χ2n) is 3.78. The number of rotatable bonds is 6. The van der Waals surface area contributed by atoms with Gasteiger partial charge in [0.05, 0.1) is 10.0 Å². The van der Waals surface area contributed by atoms with Gasteiger partial charge in [0.2, 0.25) is 0 Å². The van der Waals surface area contributed by atoms with Gasteiger partial charge in [0.25, 0.3) is 5.91 Å². The molecule has 0 spiro atoms. The molecule has 0 aliphatic heterocycles. The number of ether oxygens (including phenoxy) is 1. The molecule has 4 nitrogen and oxygen atoms in total. The van der Waals surface area contributed by atoms with Gasteiger partial charge in [-0.1, -0.05) is 23.2 Å². The number of nitrogens with one attached hydrogen (secondary N) is 1. The number of likely N-dealkylation sites (N-methyl/N-ethyl adjacent to an activating group) is 2. The molecule has 1 rings (SSSR count). The Bertz CT molecular complexity index is 413. The van der Waals surface area contributed by atoms with E-state index in [-0.39, 0.29) is 12.5 Å². The molecule has 1 N–H and O–H groups in total. The molecular weight excluding hydrogens is 275 g/mol. The number of hydrogen-bond donors (Lipinski definition) is 1. The first-order valence-electron chi connectivity index (χ1n) is 5.51. The molecule has 0 unspecified atom stereocenters. The van der Waals surface area contributed by atoms with Crippen LogP contribution in [0.1, 0.15) is 0 Å². The maximum atomic E-state index is 11.7. The summed E-state index contributed by atoms with van der Waals surface area (Å²) in [6.07, 6.45) is 0. The molecular formula is C12H16Cl2N2O2. The molecule has 6 heteroatoms. The highest BCUT2D eigenvalue weighted by Crippen LogP contribution is 2.26. The molecule has 0 bridgehead atoms. The van der Waals surface area contributed by atoms with Gasteiger partial charge in [-0.05, 0) is 19.2 Å². The molecule has 0 aliphatic carbocycles. The Morgan fingerprint density at radius 3 is 2.72 bits per heavy atom. The van der Waals surface area contributed by atoms with Gasteiger partial charge >= 0.3 is 0 Å². The lowest BCUT2D eigenvalue weighted by Gasteiger charge is -2.17. The highest BCUT2D eigenvalue weighted by atomic mass is 35.5. The van der Waals surface area contributed by atoms with Gasteiger partial charge in [-0.25, -0.2) is 0 Å². The molecule has 0 aromatic heterocycles. The normalized spacial score (nSPS) is 10.2. The van der Waals surface area contributed by atoms with Gasteiger partial charge in [-0.3, -0.25) is 4.79 Å². The monoisotopic (exact) mass is 290 g/mol. The minimum Gasteiger partial charge on any atom is -0.484 e. The van der Waals surface area contributed by atoms with Crippen molar-refractivity contribution < 1.29 is 9.53 Å². The zero-order valence-electron chi connectivity index (χ0n) is 10.4. The fourth-order valence-corrected chi connectivity index (χ4v) is 1.51. The van der Waals surface area contributed by atoms with Crippen LogP contribution in [0, 0.1) is 0 Å². The molecule has 0 saturated heterocycles. The predicted octanol–water partition coefficient (Wildman–Crippen LogP) is 2.05. The van der Waals surface area contributed by atoms with Crippen molar-refractivity contribution in [2.45, 2.75) is 0 Å². The summed E-state index contributed by atoms with van der Waals surface area (Å²) in [6.45, 7) is 1.37. The van der Waals surface area contributed by atoms with Crippen LogP contribution in [0.15, 0.2) is 18.2 Å². The van der Waals surface area contributed by atoms with E-state index in [0.717, 1.165) is 6.54 Å². The van der Waals surface area contributed by atoms with Gasteiger partial charge in [0.1, 0.15) is 5.75 Å². The highest BCUT2D eigenvalue weighted by molar-refractivity contribution is 6.42. The van der Waals surface area contributed by atoms with E-state index < -0.39 is 0 Å². The van der Waals surface area contributed by atoms with Crippen molar-refractivity contribution in [1.29, 1.82) is 0 Å². The summed E-state index contributed by atoms with van der Waals surface area (Å²) in [4.78, 5) is 13.3. The molecule has 1 aromatic rings. The van der Waals surface area contributed by atoms with Crippen LogP contribution < -0.4 is 10.1 Å². The molecule has 1 amide bonds. The minimum atomic E-state index is -0.0867. The average molecular weight is 291 g/mol. The van der Waals surface area contributed by atoms with E-state index >= 15 is 0 Å². The number of nitrogens with zero attached hydrogens (tertiary/aromatic N) is 1. The van der Waals surface area contributed by atoms with Crippen LogP contribution in [0.25, 0.3) is 0 Å². The van der Waals surface area contributed by atoms with Crippen molar-refractivity contribution in [3.63, 3.8) is 0 Å². The number of hydrogen-bond acceptors (Lipinski definition) is 3. The standard InChI is InChI=1S/C12H16Cl2N2O2/c1-15-5-6-16(2)12(17)8-18-9-3-4-10(13)11(14)7-9/h3-4,7,15H,5-6,8H2,1-2H3. The summed E-state index contributed by atoms with van der Waals surface area (Å²) in [6, 6.07) is 4.90. The molecule has 0 heterocycles. The van der Waals surface area contributed by atoms with Crippen LogP contribution in [-0.2, 0) is 4.79 Å². The Balaban J connectivity index is 2.44. The third-order valence-electron chi connectivity index (χ3n) is 2.38. The first-order chi connectivity index (χ1) is 8.54. The molecule has 0 fully saturated rings. The molecule has 0 saturated carbocycles. The third-order valence-corrected chi connectivity index (χ3v) is 3.12. The topological polar surface area (TPSA) is 41.6 Å². The van der Waals surface area contributed by atoms with Crippen molar-refractivity contribution in [2.75, 3.05) is 33.8 Å². The average Bonchev–Trinajstić information content (AvgIpc) is 2.36. The van der Waals surface area contributed by atoms with Crippen LogP contribution in [0.4, 0.5) is 0 Å². The van der Waals surface area contributed by atoms with Crippen molar-refractivity contribution in [3.05, 3.63) is 28.2 Å². The smallest absolute Gasteiger partial charge is 0.260 e. The van der Waals surface area contributed by atoms with Gasteiger partial charge in [0.15, 0.2) is 6.61 Å². The lowest BCUT2D eigenvalue weighted by atomic mass is 10.3. The molecule has 18 heavy (non-hydrogen) atoms. The van der Waals surface area contributed by atoms with Crippen LogP contribution >= 0.6 is 23.2 Å². The van der Waals surface area contributed by atoms with Crippen LogP contribution in [0.2, 0.25) is 10.0 Å².